The third kappa shape index (κ3) is 2.53. The van der Waals surface area contributed by atoms with Crippen molar-refractivity contribution in [2.75, 3.05) is 6.54 Å². The molecule has 1 heterocycles. The lowest BCUT2D eigenvalue weighted by Crippen LogP contribution is -2.47. The van der Waals surface area contributed by atoms with Gasteiger partial charge in [-0.05, 0) is 38.3 Å². The molecular weight excluding hydrogens is 230 g/mol. The van der Waals surface area contributed by atoms with Crippen molar-refractivity contribution in [3.63, 3.8) is 0 Å². The monoisotopic (exact) mass is 247 g/mol. The first-order valence-electron chi connectivity index (χ1n) is 6.20. The van der Waals surface area contributed by atoms with Crippen molar-refractivity contribution in [3.8, 4) is 0 Å². The van der Waals surface area contributed by atoms with Crippen molar-refractivity contribution in [1.29, 1.82) is 0 Å². The summed E-state index contributed by atoms with van der Waals surface area (Å²) in [5.41, 5.74) is 1.65. The van der Waals surface area contributed by atoms with Crippen LogP contribution in [0.5, 0.6) is 0 Å². The van der Waals surface area contributed by atoms with Crippen LogP contribution >= 0.6 is 0 Å². The van der Waals surface area contributed by atoms with E-state index in [1.165, 1.54) is 4.90 Å². The van der Waals surface area contributed by atoms with Crippen LogP contribution in [0.25, 0.3) is 0 Å². The standard InChI is InChI=1S/C14H17NO3/c1-10-5-7-11(8-6-10)13(16)15-9-3-2-4-12(15)14(17)18/h5-8,12H,2-4,9H2,1H3,(H,17,18). The van der Waals surface area contributed by atoms with Gasteiger partial charge in [-0.25, -0.2) is 4.79 Å². The Bertz CT molecular complexity index is 453. The fourth-order valence-electron chi connectivity index (χ4n) is 2.29. The summed E-state index contributed by atoms with van der Waals surface area (Å²) >= 11 is 0. The predicted octanol–water partition coefficient (Wildman–Crippen LogP) is 2.07. The Kier molecular flexibility index (Phi) is 3.65. The SMILES string of the molecule is Cc1ccc(C(=O)N2CCCCC2C(=O)O)cc1. The lowest BCUT2D eigenvalue weighted by Gasteiger charge is -2.33. The van der Waals surface area contributed by atoms with Crippen molar-refractivity contribution < 1.29 is 14.7 Å². The van der Waals surface area contributed by atoms with Gasteiger partial charge in [0.1, 0.15) is 6.04 Å². The minimum absolute atomic E-state index is 0.179. The normalized spacial score (nSPS) is 19.6. The lowest BCUT2D eigenvalue weighted by atomic mass is 10.0. The van der Waals surface area contributed by atoms with Crippen LogP contribution in [-0.2, 0) is 4.79 Å². The highest BCUT2D eigenvalue weighted by molar-refractivity contribution is 5.96. The summed E-state index contributed by atoms with van der Waals surface area (Å²) in [6, 6.07) is 6.57. The van der Waals surface area contributed by atoms with Crippen LogP contribution in [-0.4, -0.2) is 34.5 Å². The molecule has 4 nitrogen and oxygen atoms in total. The number of carbonyl (C=O) groups is 2. The number of aliphatic carboxylic acids is 1. The Balaban J connectivity index is 2.20. The minimum Gasteiger partial charge on any atom is -0.480 e. The maximum absolute atomic E-state index is 12.3. The number of carboxylic acids is 1. The first-order valence-corrected chi connectivity index (χ1v) is 6.20. The second-order valence-corrected chi connectivity index (χ2v) is 4.71. The smallest absolute Gasteiger partial charge is 0.326 e. The molecule has 0 aromatic heterocycles. The van der Waals surface area contributed by atoms with E-state index in [9.17, 15) is 9.59 Å². The van der Waals surface area contributed by atoms with Gasteiger partial charge in [-0.1, -0.05) is 17.7 Å². The van der Waals surface area contributed by atoms with E-state index < -0.39 is 12.0 Å². The Morgan fingerprint density at radius 3 is 2.50 bits per heavy atom. The van der Waals surface area contributed by atoms with Crippen LogP contribution in [0.1, 0.15) is 35.2 Å². The molecule has 18 heavy (non-hydrogen) atoms. The molecular formula is C14H17NO3. The number of carbonyl (C=O) groups excluding carboxylic acids is 1. The number of hydrogen-bond acceptors (Lipinski definition) is 2. The number of rotatable bonds is 2. The van der Waals surface area contributed by atoms with Gasteiger partial charge in [0.05, 0.1) is 0 Å². The van der Waals surface area contributed by atoms with Crippen LogP contribution in [0.15, 0.2) is 24.3 Å². The second-order valence-electron chi connectivity index (χ2n) is 4.71. The first-order chi connectivity index (χ1) is 8.59. The molecule has 1 N–H and O–H groups in total. The third-order valence-electron chi connectivity index (χ3n) is 3.35. The van der Waals surface area contributed by atoms with Crippen molar-refractivity contribution in [1.82, 2.24) is 4.90 Å². The molecule has 0 bridgehead atoms. The quantitative estimate of drug-likeness (QED) is 0.870. The zero-order valence-electron chi connectivity index (χ0n) is 10.4. The minimum atomic E-state index is -0.907. The van der Waals surface area contributed by atoms with Crippen molar-refractivity contribution in [2.24, 2.45) is 0 Å². The molecule has 1 unspecified atom stereocenters. The summed E-state index contributed by atoms with van der Waals surface area (Å²) in [6.45, 7) is 2.49. The van der Waals surface area contributed by atoms with Crippen LogP contribution in [0.2, 0.25) is 0 Å². The van der Waals surface area contributed by atoms with Crippen LogP contribution in [0, 0.1) is 6.92 Å². The second kappa shape index (κ2) is 5.21. The molecule has 1 saturated heterocycles. The Morgan fingerprint density at radius 2 is 1.89 bits per heavy atom. The molecule has 1 fully saturated rings. The first kappa shape index (κ1) is 12.6. The van der Waals surface area contributed by atoms with Gasteiger partial charge in [-0.15, -0.1) is 0 Å². The molecule has 1 atom stereocenters. The average molecular weight is 247 g/mol. The summed E-state index contributed by atoms with van der Waals surface area (Å²) in [7, 11) is 0. The number of carboxylic acid groups (broad SMARTS) is 1. The van der Waals surface area contributed by atoms with Crippen LogP contribution in [0.4, 0.5) is 0 Å². The van der Waals surface area contributed by atoms with E-state index in [1.807, 2.05) is 19.1 Å². The maximum atomic E-state index is 12.3. The third-order valence-corrected chi connectivity index (χ3v) is 3.35. The molecule has 0 aliphatic carbocycles. The molecule has 0 saturated carbocycles. The maximum Gasteiger partial charge on any atom is 0.326 e. The van der Waals surface area contributed by atoms with Gasteiger partial charge in [0.15, 0.2) is 0 Å². The summed E-state index contributed by atoms with van der Waals surface area (Å²) < 4.78 is 0. The summed E-state index contributed by atoms with van der Waals surface area (Å²) in [5, 5.41) is 9.15. The Labute approximate surface area is 106 Å². The molecule has 1 amide bonds. The Morgan fingerprint density at radius 1 is 1.22 bits per heavy atom. The fourth-order valence-corrected chi connectivity index (χ4v) is 2.29. The van der Waals surface area contributed by atoms with Gasteiger partial charge >= 0.3 is 5.97 Å². The number of hydrogen-bond donors (Lipinski definition) is 1. The van der Waals surface area contributed by atoms with E-state index in [1.54, 1.807) is 12.1 Å². The van der Waals surface area contributed by atoms with E-state index in [0.717, 1.165) is 18.4 Å². The van der Waals surface area contributed by atoms with Gasteiger partial charge in [0.2, 0.25) is 0 Å². The molecule has 1 aromatic carbocycles. The van der Waals surface area contributed by atoms with Crippen molar-refractivity contribution >= 4 is 11.9 Å². The molecule has 4 heteroatoms. The lowest BCUT2D eigenvalue weighted by molar-refractivity contribution is -0.143. The van der Waals surface area contributed by atoms with E-state index in [2.05, 4.69) is 0 Å². The number of nitrogens with zero attached hydrogens (tertiary/aromatic N) is 1. The van der Waals surface area contributed by atoms with Crippen LogP contribution < -0.4 is 0 Å². The molecule has 1 aliphatic rings. The van der Waals surface area contributed by atoms with E-state index >= 15 is 0 Å². The molecule has 2 rings (SSSR count). The highest BCUT2D eigenvalue weighted by Gasteiger charge is 2.32. The number of likely N-dealkylation sites (tertiary alicyclic amines) is 1. The van der Waals surface area contributed by atoms with Gasteiger partial charge in [0.25, 0.3) is 5.91 Å². The molecule has 1 aliphatic heterocycles. The average Bonchev–Trinajstić information content (AvgIpc) is 2.39. The highest BCUT2D eigenvalue weighted by Crippen LogP contribution is 2.20. The zero-order chi connectivity index (χ0) is 13.1. The summed E-state index contributed by atoms with van der Waals surface area (Å²) in [4.78, 5) is 24.9. The van der Waals surface area contributed by atoms with Gasteiger partial charge in [0, 0.05) is 12.1 Å². The fraction of sp³-hybridized carbons (Fsp3) is 0.429. The summed E-state index contributed by atoms with van der Waals surface area (Å²) in [5.74, 6) is -1.09. The van der Waals surface area contributed by atoms with E-state index in [-0.39, 0.29) is 5.91 Å². The number of aryl methyl sites for hydroxylation is 1. The highest BCUT2D eigenvalue weighted by atomic mass is 16.4. The molecule has 0 radical (unpaired) electrons. The van der Waals surface area contributed by atoms with Crippen molar-refractivity contribution in [3.05, 3.63) is 35.4 Å². The largest absolute Gasteiger partial charge is 0.480 e. The van der Waals surface area contributed by atoms with Crippen molar-refractivity contribution in [2.45, 2.75) is 32.2 Å². The van der Waals surface area contributed by atoms with Gasteiger partial charge < -0.3 is 10.0 Å². The van der Waals surface area contributed by atoms with Gasteiger partial charge in [-0.2, -0.15) is 0 Å². The van der Waals surface area contributed by atoms with E-state index in [4.69, 9.17) is 5.11 Å². The molecule has 1 aromatic rings. The van der Waals surface area contributed by atoms with Gasteiger partial charge in [-0.3, -0.25) is 4.79 Å². The number of benzene rings is 1. The number of amides is 1. The molecule has 96 valence electrons. The molecule has 0 spiro atoms. The van der Waals surface area contributed by atoms with Crippen LogP contribution in [0.3, 0.4) is 0 Å². The topological polar surface area (TPSA) is 57.6 Å². The van der Waals surface area contributed by atoms with E-state index in [0.29, 0.717) is 18.5 Å². The predicted molar refractivity (Wildman–Crippen MR) is 67.5 cm³/mol. The number of piperidine rings is 1. The Hall–Kier alpha value is -1.84. The summed E-state index contributed by atoms with van der Waals surface area (Å²) in [6.07, 6.45) is 2.29. The zero-order valence-corrected chi connectivity index (χ0v) is 10.4.